The first-order valence-corrected chi connectivity index (χ1v) is 5.30. The molecule has 1 unspecified atom stereocenters. The zero-order valence-electron chi connectivity index (χ0n) is 10.1. The number of rotatable bonds is 6. The van der Waals surface area contributed by atoms with Crippen LogP contribution in [0.1, 0.15) is 33.1 Å². The third-order valence-electron chi connectivity index (χ3n) is 2.14. The maximum atomic E-state index is 4.00. The lowest BCUT2D eigenvalue weighted by Gasteiger charge is -2.29. The molecule has 0 N–H and O–H groups in total. The Morgan fingerprint density at radius 3 is 2.15 bits per heavy atom. The molecule has 0 bridgehead atoms. The minimum Gasteiger partial charge on any atom is -0.331 e. The highest BCUT2D eigenvalue weighted by molar-refractivity contribution is 4.90. The number of nitrogens with zero attached hydrogens (tertiary/aromatic N) is 1. The zero-order valence-corrected chi connectivity index (χ0v) is 10.1. The van der Waals surface area contributed by atoms with Crippen molar-refractivity contribution in [2.24, 2.45) is 5.92 Å². The van der Waals surface area contributed by atoms with Gasteiger partial charge < -0.3 is 4.48 Å². The van der Waals surface area contributed by atoms with Crippen LogP contribution in [0, 0.1) is 5.92 Å². The van der Waals surface area contributed by atoms with Gasteiger partial charge in [0.15, 0.2) is 0 Å². The van der Waals surface area contributed by atoms with E-state index in [0.29, 0.717) is 0 Å². The Balaban J connectivity index is 4.01. The molecule has 0 heterocycles. The van der Waals surface area contributed by atoms with Gasteiger partial charge in [-0.3, -0.25) is 0 Å². The third-order valence-corrected chi connectivity index (χ3v) is 2.14. The molecule has 0 amide bonds. The van der Waals surface area contributed by atoms with Crippen LogP contribution in [0.4, 0.5) is 0 Å². The van der Waals surface area contributed by atoms with Crippen LogP contribution in [0.2, 0.25) is 0 Å². The normalized spacial score (nSPS) is 14.2. The molecule has 0 saturated carbocycles. The fourth-order valence-corrected chi connectivity index (χ4v) is 1.93. The van der Waals surface area contributed by atoms with Gasteiger partial charge in [-0.25, -0.2) is 0 Å². The smallest absolute Gasteiger partial charge is 0.0812 e. The molecule has 1 atom stereocenters. The minimum absolute atomic E-state index is 0.822. The summed E-state index contributed by atoms with van der Waals surface area (Å²) in [6.45, 7) is 9.67. The van der Waals surface area contributed by atoms with Gasteiger partial charge in [-0.1, -0.05) is 18.9 Å². The van der Waals surface area contributed by atoms with E-state index in [0.717, 1.165) is 10.4 Å². The molecule has 1 nitrogen and oxygen atoms in total. The van der Waals surface area contributed by atoms with Gasteiger partial charge in [-0.15, -0.1) is 6.58 Å². The molecule has 0 aromatic heterocycles. The Hall–Kier alpha value is -0.300. The Morgan fingerprint density at radius 1 is 1.31 bits per heavy atom. The van der Waals surface area contributed by atoms with Gasteiger partial charge >= 0.3 is 0 Å². The fraction of sp³-hybridized carbons (Fsp3) is 0.833. The molecule has 1 heteroatoms. The van der Waals surface area contributed by atoms with Crippen LogP contribution in [-0.2, 0) is 0 Å². The summed E-state index contributed by atoms with van der Waals surface area (Å²) in [6, 6.07) is 0. The molecule has 0 aromatic rings. The highest BCUT2D eigenvalue weighted by atomic mass is 15.3. The van der Waals surface area contributed by atoms with Crippen molar-refractivity contribution in [1.82, 2.24) is 0 Å². The van der Waals surface area contributed by atoms with E-state index in [9.17, 15) is 0 Å². The quantitative estimate of drug-likeness (QED) is 0.439. The Labute approximate surface area is 84.0 Å². The lowest BCUT2D eigenvalue weighted by Crippen LogP contribution is -2.39. The van der Waals surface area contributed by atoms with Crippen molar-refractivity contribution in [2.45, 2.75) is 33.1 Å². The molecular weight excluding hydrogens is 158 g/mol. The van der Waals surface area contributed by atoms with E-state index in [1.807, 2.05) is 0 Å². The average molecular weight is 184 g/mol. The van der Waals surface area contributed by atoms with Crippen LogP contribution < -0.4 is 0 Å². The van der Waals surface area contributed by atoms with Gasteiger partial charge in [0, 0.05) is 5.92 Å². The molecule has 0 aromatic carbocycles. The topological polar surface area (TPSA) is 0 Å². The molecule has 0 radical (unpaired) electrons. The second-order valence-electron chi connectivity index (χ2n) is 5.29. The molecule has 0 saturated heterocycles. The van der Waals surface area contributed by atoms with E-state index < -0.39 is 0 Å². The monoisotopic (exact) mass is 184 g/mol. The van der Waals surface area contributed by atoms with Crippen molar-refractivity contribution in [2.75, 3.05) is 27.7 Å². The first-order valence-electron chi connectivity index (χ1n) is 5.30. The van der Waals surface area contributed by atoms with Crippen molar-refractivity contribution >= 4 is 0 Å². The largest absolute Gasteiger partial charge is 0.331 e. The third kappa shape index (κ3) is 8.04. The Bertz CT molecular complexity index is 153. The van der Waals surface area contributed by atoms with Crippen molar-refractivity contribution in [1.29, 1.82) is 0 Å². The van der Waals surface area contributed by atoms with Gasteiger partial charge in [0.2, 0.25) is 0 Å². The van der Waals surface area contributed by atoms with Crippen LogP contribution >= 0.6 is 0 Å². The predicted octanol–water partition coefficient (Wildman–Crippen LogP) is 3.08. The summed E-state index contributed by atoms with van der Waals surface area (Å²) >= 11 is 0. The standard InChI is InChI=1S/C12H26N/c1-7-8-12(9-11(2)3)10-13(4,5)6/h12H,2,7-10H2,1,3-6H3/q+1. The molecular formula is C12H26N+. The fourth-order valence-electron chi connectivity index (χ4n) is 1.93. The van der Waals surface area contributed by atoms with Crippen molar-refractivity contribution < 1.29 is 4.48 Å². The van der Waals surface area contributed by atoms with Crippen LogP contribution in [0.5, 0.6) is 0 Å². The highest BCUT2D eigenvalue weighted by Crippen LogP contribution is 2.18. The van der Waals surface area contributed by atoms with Crippen LogP contribution in [0.25, 0.3) is 0 Å². The molecule has 0 aliphatic heterocycles. The van der Waals surface area contributed by atoms with Crippen molar-refractivity contribution in [3.8, 4) is 0 Å². The lowest BCUT2D eigenvalue weighted by molar-refractivity contribution is -0.873. The second-order valence-corrected chi connectivity index (χ2v) is 5.29. The van der Waals surface area contributed by atoms with E-state index in [4.69, 9.17) is 0 Å². The Morgan fingerprint density at radius 2 is 1.85 bits per heavy atom. The van der Waals surface area contributed by atoms with E-state index in [1.165, 1.54) is 31.4 Å². The molecule has 0 aliphatic rings. The summed E-state index contributed by atoms with van der Waals surface area (Å²) < 4.78 is 1.07. The van der Waals surface area contributed by atoms with Gasteiger partial charge in [0.05, 0.1) is 27.7 Å². The average Bonchev–Trinajstić information content (AvgIpc) is 1.81. The maximum absolute atomic E-state index is 4.00. The highest BCUT2D eigenvalue weighted by Gasteiger charge is 2.16. The predicted molar refractivity (Wildman–Crippen MR) is 60.7 cm³/mol. The summed E-state index contributed by atoms with van der Waals surface area (Å²) in [7, 11) is 6.79. The minimum atomic E-state index is 0.822. The maximum Gasteiger partial charge on any atom is 0.0812 e. The second kappa shape index (κ2) is 5.43. The summed E-state index contributed by atoms with van der Waals surface area (Å²) in [4.78, 5) is 0. The van der Waals surface area contributed by atoms with E-state index in [2.05, 4.69) is 41.6 Å². The zero-order chi connectivity index (χ0) is 10.5. The molecule has 0 aliphatic carbocycles. The van der Waals surface area contributed by atoms with Gasteiger partial charge in [-0.2, -0.15) is 0 Å². The van der Waals surface area contributed by atoms with E-state index >= 15 is 0 Å². The van der Waals surface area contributed by atoms with Crippen LogP contribution in [0.3, 0.4) is 0 Å². The first-order chi connectivity index (χ1) is 5.85. The lowest BCUT2D eigenvalue weighted by atomic mass is 9.95. The van der Waals surface area contributed by atoms with E-state index in [1.54, 1.807) is 0 Å². The molecule has 13 heavy (non-hydrogen) atoms. The van der Waals surface area contributed by atoms with Crippen LogP contribution in [-0.4, -0.2) is 32.2 Å². The van der Waals surface area contributed by atoms with Gasteiger partial charge in [-0.05, 0) is 19.8 Å². The van der Waals surface area contributed by atoms with Crippen molar-refractivity contribution in [3.05, 3.63) is 12.2 Å². The molecule has 0 rings (SSSR count). The van der Waals surface area contributed by atoms with Gasteiger partial charge in [0.25, 0.3) is 0 Å². The number of hydrogen-bond acceptors (Lipinski definition) is 0. The first kappa shape index (κ1) is 12.7. The van der Waals surface area contributed by atoms with Crippen LogP contribution in [0.15, 0.2) is 12.2 Å². The van der Waals surface area contributed by atoms with Gasteiger partial charge in [0.1, 0.15) is 0 Å². The SMILES string of the molecule is C=C(C)CC(CCC)C[N+](C)(C)C. The summed E-state index contributed by atoms with van der Waals surface area (Å²) in [5.41, 5.74) is 1.33. The Kier molecular flexibility index (Phi) is 5.31. The molecule has 0 fully saturated rings. The number of hydrogen-bond donors (Lipinski definition) is 0. The molecule has 0 spiro atoms. The molecule has 78 valence electrons. The summed E-state index contributed by atoms with van der Waals surface area (Å²) in [5.74, 6) is 0.822. The van der Waals surface area contributed by atoms with Crippen molar-refractivity contribution in [3.63, 3.8) is 0 Å². The summed E-state index contributed by atoms with van der Waals surface area (Å²) in [6.07, 6.45) is 3.82. The number of quaternary nitrogens is 1. The van der Waals surface area contributed by atoms with E-state index in [-0.39, 0.29) is 0 Å². The summed E-state index contributed by atoms with van der Waals surface area (Å²) in [5, 5.41) is 0. The number of allylic oxidation sites excluding steroid dienone is 1.